The molecule has 2 N–H and O–H groups in total. The highest BCUT2D eigenvalue weighted by molar-refractivity contribution is 7.90. The van der Waals surface area contributed by atoms with Crippen molar-refractivity contribution in [2.75, 3.05) is 73.4 Å². The zero-order valence-electron chi connectivity index (χ0n) is 36.5. The second kappa shape index (κ2) is 17.4. The van der Waals surface area contributed by atoms with Crippen LogP contribution < -0.4 is 30.1 Å². The smallest absolute Gasteiger partial charge is 0.301 e. The number of piperidine rings is 1. The lowest BCUT2D eigenvalue weighted by atomic mass is 9.95. The van der Waals surface area contributed by atoms with Gasteiger partial charge in [-0.25, -0.2) is 13.8 Å². The number of aromatic nitrogens is 2. The van der Waals surface area contributed by atoms with E-state index in [-0.39, 0.29) is 54.6 Å². The topological polar surface area (TPSA) is 194 Å². The van der Waals surface area contributed by atoms with Gasteiger partial charge in [0.2, 0.25) is 11.8 Å². The third-order valence-electron chi connectivity index (χ3n) is 13.4. The van der Waals surface area contributed by atoms with Gasteiger partial charge in [0, 0.05) is 94.7 Å². The number of amides is 3. The first kappa shape index (κ1) is 43.9. The second-order valence-corrected chi connectivity index (χ2v) is 19.4. The Kier molecular flexibility index (Phi) is 11.4. The number of alkyl halides is 1. The maximum Gasteiger partial charge on any atom is 0.301 e. The standard InChI is InChI=1S/C47H46F2N10O7S/c1-28-18-34(19-30-25-58(47(63)43(28)30)41-10-11-42(60)52-45(41)61)56-23-29(24-56)22-54-14-16-55(17-15-54)32-2-4-33(5-3-32)59-27-51-39-8-6-35(20-36(39)46(59)62)66-44-37(21-50)40(9-7-38(44)49)53-67(64,65)57-13-12-31(48)26-57/h2-9,18-20,27,29,31,41,53H,10-17,22-26H2,1H3,(H,52,60,61)/t31-,41-/m1/s1. The molecule has 4 saturated heterocycles. The van der Waals surface area contributed by atoms with E-state index in [1.54, 1.807) is 11.0 Å². The minimum absolute atomic E-state index is 0.0120. The van der Waals surface area contributed by atoms with Crippen LogP contribution in [0.4, 0.5) is 25.8 Å². The number of rotatable bonds is 11. The fraction of sp³-hybridized carbons (Fsp3) is 0.362. The summed E-state index contributed by atoms with van der Waals surface area (Å²) in [6, 6.07) is 19.3. The molecular weight excluding hydrogens is 887 g/mol. The summed E-state index contributed by atoms with van der Waals surface area (Å²) in [5.41, 5.74) is 4.40. The van der Waals surface area contributed by atoms with Gasteiger partial charge in [0.05, 0.1) is 22.3 Å². The van der Waals surface area contributed by atoms with E-state index in [0.29, 0.717) is 35.7 Å². The van der Waals surface area contributed by atoms with Gasteiger partial charge in [-0.2, -0.15) is 18.0 Å². The van der Waals surface area contributed by atoms with Crippen LogP contribution in [0.25, 0.3) is 16.6 Å². The van der Waals surface area contributed by atoms with Crippen LogP contribution >= 0.6 is 0 Å². The first-order valence-electron chi connectivity index (χ1n) is 22.2. The number of anilines is 3. The Morgan fingerprint density at radius 2 is 1.66 bits per heavy atom. The molecule has 5 aromatic rings. The SMILES string of the molecule is Cc1cc(N2CC(CN3CCN(c4ccc(-n5cnc6ccc(Oc7c(F)ccc(NS(=O)(=O)N8CC[C@@H](F)C8)c7C#N)cc6c5=O)cc4)CC3)C2)cc2c1C(=O)N([C@@H]1CCC(=O)NC1=O)C2. The lowest BCUT2D eigenvalue weighted by Gasteiger charge is -2.45. The molecule has 0 spiro atoms. The maximum atomic E-state index is 15.2. The minimum Gasteiger partial charge on any atom is -0.453 e. The van der Waals surface area contributed by atoms with E-state index in [0.717, 1.165) is 84.8 Å². The Balaban J connectivity index is 0.746. The highest BCUT2D eigenvalue weighted by atomic mass is 32.2. The molecule has 6 heterocycles. The molecular formula is C47H46F2N10O7S. The normalized spacial score (nSPS) is 20.5. The molecule has 0 aliphatic carbocycles. The zero-order chi connectivity index (χ0) is 46.7. The molecule has 0 saturated carbocycles. The summed E-state index contributed by atoms with van der Waals surface area (Å²) in [7, 11) is -4.24. The van der Waals surface area contributed by atoms with Gasteiger partial charge in [0.25, 0.3) is 11.5 Å². The number of nitrogens with zero attached hydrogens (tertiary/aromatic N) is 8. The quantitative estimate of drug-likeness (QED) is 0.180. The Hall–Kier alpha value is -6.95. The van der Waals surface area contributed by atoms with Gasteiger partial charge in [0.1, 0.15) is 35.9 Å². The van der Waals surface area contributed by atoms with Crippen molar-refractivity contribution in [2.45, 2.75) is 44.9 Å². The molecule has 1 aromatic heterocycles. The maximum absolute atomic E-state index is 15.2. The Morgan fingerprint density at radius 3 is 2.37 bits per heavy atom. The predicted octanol–water partition coefficient (Wildman–Crippen LogP) is 4.22. The third kappa shape index (κ3) is 8.42. The lowest BCUT2D eigenvalue weighted by molar-refractivity contribution is -0.136. The molecule has 5 aliphatic rings. The molecule has 67 heavy (non-hydrogen) atoms. The molecule has 3 amide bonds. The number of carbonyl (C=O) groups excluding carboxylic acids is 3. The van der Waals surface area contributed by atoms with Crippen molar-refractivity contribution in [3.8, 4) is 23.3 Å². The monoisotopic (exact) mass is 932 g/mol. The van der Waals surface area contributed by atoms with Gasteiger partial charge in [-0.3, -0.25) is 38.7 Å². The molecule has 4 fully saturated rings. The number of hydrogen-bond donors (Lipinski definition) is 2. The van der Waals surface area contributed by atoms with Crippen LogP contribution in [0.3, 0.4) is 0 Å². The fourth-order valence-corrected chi connectivity index (χ4v) is 11.1. The largest absolute Gasteiger partial charge is 0.453 e. The van der Waals surface area contributed by atoms with E-state index >= 15 is 4.39 Å². The summed E-state index contributed by atoms with van der Waals surface area (Å²) in [6.07, 6.45) is 0.715. The van der Waals surface area contributed by atoms with Crippen LogP contribution in [0.2, 0.25) is 0 Å². The van der Waals surface area contributed by atoms with Crippen LogP contribution in [0.15, 0.2) is 77.9 Å². The van der Waals surface area contributed by atoms with Crippen molar-refractivity contribution in [1.29, 1.82) is 5.26 Å². The average molecular weight is 933 g/mol. The number of hydrogen-bond acceptors (Lipinski definition) is 12. The van der Waals surface area contributed by atoms with Crippen LogP contribution in [0, 0.1) is 30.0 Å². The van der Waals surface area contributed by atoms with Gasteiger partial charge >= 0.3 is 10.2 Å². The first-order valence-corrected chi connectivity index (χ1v) is 23.6. The van der Waals surface area contributed by atoms with Crippen molar-refractivity contribution in [3.63, 3.8) is 0 Å². The molecule has 5 aliphatic heterocycles. The third-order valence-corrected chi connectivity index (χ3v) is 14.8. The zero-order valence-corrected chi connectivity index (χ0v) is 37.3. The second-order valence-electron chi connectivity index (χ2n) is 17.7. The number of fused-ring (bicyclic) bond motifs is 2. The van der Waals surface area contributed by atoms with E-state index in [2.05, 4.69) is 41.9 Å². The van der Waals surface area contributed by atoms with E-state index < -0.39 is 51.0 Å². The number of benzene rings is 4. The number of imide groups is 1. The number of halogens is 2. The highest BCUT2D eigenvalue weighted by Crippen LogP contribution is 2.37. The van der Waals surface area contributed by atoms with Crippen molar-refractivity contribution in [3.05, 3.63) is 111 Å². The van der Waals surface area contributed by atoms with Gasteiger partial charge in [-0.1, -0.05) is 0 Å². The van der Waals surface area contributed by atoms with Gasteiger partial charge < -0.3 is 19.4 Å². The van der Waals surface area contributed by atoms with E-state index in [9.17, 15) is 37.2 Å². The van der Waals surface area contributed by atoms with E-state index in [1.807, 2.05) is 31.2 Å². The molecule has 0 unspecified atom stereocenters. The summed E-state index contributed by atoms with van der Waals surface area (Å²) < 4.78 is 65.1. The van der Waals surface area contributed by atoms with Crippen molar-refractivity contribution in [2.24, 2.45) is 5.92 Å². The summed E-state index contributed by atoms with van der Waals surface area (Å²) in [6.45, 7) is 8.17. The highest BCUT2D eigenvalue weighted by Gasteiger charge is 2.41. The summed E-state index contributed by atoms with van der Waals surface area (Å²) in [5.74, 6) is -1.84. The number of ether oxygens (including phenoxy) is 1. The molecule has 4 aromatic carbocycles. The average Bonchev–Trinajstić information content (AvgIpc) is 3.89. The van der Waals surface area contributed by atoms with Crippen LogP contribution in [-0.4, -0.2) is 121 Å². The Labute approximate surface area is 384 Å². The molecule has 0 bridgehead atoms. The first-order chi connectivity index (χ1) is 32.2. The molecule has 17 nitrogen and oxygen atoms in total. The molecule has 10 rings (SSSR count). The number of nitriles is 1. The predicted molar refractivity (Wildman–Crippen MR) is 244 cm³/mol. The molecule has 0 radical (unpaired) electrons. The minimum atomic E-state index is -4.24. The summed E-state index contributed by atoms with van der Waals surface area (Å²) in [4.78, 5) is 64.6. The van der Waals surface area contributed by atoms with Gasteiger partial charge in [0.15, 0.2) is 11.6 Å². The number of nitrogens with one attached hydrogen (secondary N) is 2. The Morgan fingerprint density at radius 1 is 0.896 bits per heavy atom. The van der Waals surface area contributed by atoms with Crippen molar-refractivity contribution in [1.82, 2.24) is 29.0 Å². The Bertz CT molecular complexity index is 3060. The number of aryl methyl sites for hydroxylation is 1. The molecule has 20 heteroatoms. The van der Waals surface area contributed by atoms with Crippen LogP contribution in [-0.2, 0) is 26.3 Å². The number of carbonyl (C=O) groups is 3. The van der Waals surface area contributed by atoms with Crippen molar-refractivity contribution >= 4 is 55.9 Å². The van der Waals surface area contributed by atoms with Gasteiger partial charge in [-0.15, -0.1) is 0 Å². The summed E-state index contributed by atoms with van der Waals surface area (Å²) in [5, 5.41) is 12.5. The summed E-state index contributed by atoms with van der Waals surface area (Å²) >= 11 is 0. The van der Waals surface area contributed by atoms with Crippen LogP contribution in [0.1, 0.15) is 46.3 Å². The lowest BCUT2D eigenvalue weighted by Crippen LogP contribution is -2.55. The van der Waals surface area contributed by atoms with E-state index in [4.69, 9.17) is 4.74 Å². The van der Waals surface area contributed by atoms with Crippen molar-refractivity contribution < 1.29 is 36.3 Å². The number of piperazine rings is 1. The fourth-order valence-electron chi connectivity index (χ4n) is 9.79. The van der Waals surface area contributed by atoms with Crippen LogP contribution in [0.5, 0.6) is 11.5 Å². The molecule has 346 valence electrons. The molecule has 2 atom stereocenters. The van der Waals surface area contributed by atoms with Gasteiger partial charge in [-0.05, 0) is 97.6 Å². The van der Waals surface area contributed by atoms with E-state index in [1.165, 1.54) is 29.1 Å².